The molecule has 0 unspecified atom stereocenters. The second-order valence-electron chi connectivity index (χ2n) is 4.27. The molecule has 0 saturated carbocycles. The van der Waals surface area contributed by atoms with Gasteiger partial charge in [0.05, 0.1) is 16.6 Å². The van der Waals surface area contributed by atoms with Crippen molar-refractivity contribution < 1.29 is 0 Å². The van der Waals surface area contributed by atoms with E-state index in [4.69, 9.17) is 0 Å². The summed E-state index contributed by atoms with van der Waals surface area (Å²) in [5.74, 6) is 0. The van der Waals surface area contributed by atoms with Gasteiger partial charge in [-0.25, -0.2) is 4.98 Å². The summed E-state index contributed by atoms with van der Waals surface area (Å²) in [5.41, 5.74) is 2.56. The molecule has 0 amide bonds. The Morgan fingerprint density at radius 2 is 1.89 bits per heavy atom. The van der Waals surface area contributed by atoms with E-state index in [2.05, 4.69) is 9.97 Å². The van der Waals surface area contributed by atoms with Gasteiger partial charge in [0.2, 0.25) is 0 Å². The van der Waals surface area contributed by atoms with Crippen LogP contribution in [0.2, 0.25) is 0 Å². The number of hydrogen-bond donors (Lipinski definition) is 0. The van der Waals surface area contributed by atoms with Gasteiger partial charge >= 0.3 is 0 Å². The van der Waals surface area contributed by atoms with Gasteiger partial charge in [-0.05, 0) is 30.3 Å². The second-order valence-corrected chi connectivity index (χ2v) is 4.27. The number of hydrogen-bond acceptors (Lipinski definition) is 4. The van der Waals surface area contributed by atoms with Crippen molar-refractivity contribution in [3.05, 3.63) is 67.5 Å². The summed E-state index contributed by atoms with van der Waals surface area (Å²) in [6.45, 7) is 0. The fourth-order valence-electron chi connectivity index (χ4n) is 2.41. The van der Waals surface area contributed by atoms with E-state index in [1.165, 1.54) is 12.1 Å². The standard InChI is InChI=1S/C14H6N2O2/c17-8-1-2-10-9(6-8)12-11(18)5-7-3-4-15-13(7)14(12)16-10/h1-6H. The molecule has 4 rings (SSSR count). The van der Waals surface area contributed by atoms with Crippen LogP contribution in [0.15, 0.2) is 46.1 Å². The Morgan fingerprint density at radius 1 is 1.00 bits per heavy atom. The van der Waals surface area contributed by atoms with Crippen molar-refractivity contribution in [3.63, 3.8) is 0 Å². The maximum atomic E-state index is 12.1. The molecule has 2 aliphatic heterocycles. The minimum absolute atomic E-state index is 0.112. The first-order valence-electron chi connectivity index (χ1n) is 5.52. The lowest BCUT2D eigenvalue weighted by Crippen LogP contribution is -2.04. The maximum Gasteiger partial charge on any atom is 0.189 e. The quantitative estimate of drug-likeness (QED) is 0.455. The molecule has 84 valence electrons. The SMILES string of the molecule is O=c1ccc2nc3c4nccc-4cc(=O)c=3c-2c1. The Labute approximate surface area is 101 Å². The molecule has 4 heteroatoms. The highest BCUT2D eigenvalue weighted by Gasteiger charge is 2.17. The molecule has 0 saturated heterocycles. The fraction of sp³-hybridized carbons (Fsp3) is 0. The van der Waals surface area contributed by atoms with Crippen LogP contribution in [0.4, 0.5) is 0 Å². The van der Waals surface area contributed by atoms with E-state index < -0.39 is 0 Å². The molecular formula is C14H6N2O2. The van der Waals surface area contributed by atoms with Crippen LogP contribution in [0, 0.1) is 10.6 Å². The minimum atomic E-state index is -0.119. The summed E-state index contributed by atoms with van der Waals surface area (Å²) in [6, 6.07) is 7.89. The third kappa shape index (κ3) is 1.04. The molecule has 0 spiro atoms. The topological polar surface area (TPSA) is 59.9 Å². The van der Waals surface area contributed by atoms with Crippen LogP contribution in [0.1, 0.15) is 0 Å². The van der Waals surface area contributed by atoms with E-state index in [0.717, 1.165) is 5.56 Å². The molecule has 4 aliphatic rings. The van der Waals surface area contributed by atoms with E-state index in [-0.39, 0.29) is 10.9 Å². The molecule has 0 N–H and O–H groups in total. The first-order chi connectivity index (χ1) is 8.74. The van der Waals surface area contributed by atoms with Gasteiger partial charge in [-0.2, -0.15) is 0 Å². The summed E-state index contributed by atoms with van der Waals surface area (Å²) in [4.78, 5) is 32.2. The average Bonchev–Trinajstić information content (AvgIpc) is 2.91. The van der Waals surface area contributed by atoms with Crippen LogP contribution in [-0.4, -0.2) is 9.97 Å². The number of nitrogens with zero attached hydrogens (tertiary/aromatic N) is 2. The summed E-state index contributed by atoms with van der Waals surface area (Å²) in [7, 11) is 0. The van der Waals surface area contributed by atoms with Crippen molar-refractivity contribution in [2.24, 2.45) is 0 Å². The molecule has 0 aromatic heterocycles. The van der Waals surface area contributed by atoms with Crippen LogP contribution in [0.5, 0.6) is 0 Å². The predicted octanol–water partition coefficient (Wildman–Crippen LogP) is 1.01. The molecule has 18 heavy (non-hydrogen) atoms. The average molecular weight is 234 g/mol. The Bertz CT molecular complexity index is 966. The molecule has 0 fully saturated rings. The van der Waals surface area contributed by atoms with Gasteiger partial charge in [-0.3, -0.25) is 14.6 Å². The molecular weight excluding hydrogens is 228 g/mol. The highest BCUT2D eigenvalue weighted by molar-refractivity contribution is 5.69. The van der Waals surface area contributed by atoms with Gasteiger partial charge in [0.25, 0.3) is 0 Å². The Balaban J connectivity index is 2.42. The fourth-order valence-corrected chi connectivity index (χ4v) is 2.41. The summed E-state index contributed by atoms with van der Waals surface area (Å²) in [5, 5.41) is 1.08. The highest BCUT2D eigenvalue weighted by atomic mass is 16.1. The lowest BCUT2D eigenvalue weighted by Gasteiger charge is -1.94. The minimum Gasteiger partial charge on any atom is -0.290 e. The van der Waals surface area contributed by atoms with Crippen LogP contribution in [-0.2, 0) is 0 Å². The van der Waals surface area contributed by atoms with Crippen molar-refractivity contribution in [1.29, 1.82) is 0 Å². The molecule has 0 atom stereocenters. The summed E-state index contributed by atoms with van der Waals surface area (Å²) < 4.78 is 0. The summed E-state index contributed by atoms with van der Waals surface area (Å²) >= 11 is 0. The number of fused-ring (bicyclic) bond motifs is 4. The number of benzene rings is 1. The Hall–Kier alpha value is -2.62. The first-order valence-corrected chi connectivity index (χ1v) is 5.52. The second kappa shape index (κ2) is 2.98. The summed E-state index contributed by atoms with van der Waals surface area (Å²) in [6.07, 6.45) is 1.65. The van der Waals surface area contributed by atoms with Crippen LogP contribution >= 0.6 is 0 Å². The smallest absolute Gasteiger partial charge is 0.189 e. The molecule has 4 nitrogen and oxygen atoms in total. The van der Waals surface area contributed by atoms with E-state index in [0.29, 0.717) is 27.5 Å². The van der Waals surface area contributed by atoms with Crippen molar-refractivity contribution in [3.8, 4) is 22.5 Å². The van der Waals surface area contributed by atoms with Gasteiger partial charge in [0.1, 0.15) is 5.35 Å². The zero-order valence-corrected chi connectivity index (χ0v) is 9.18. The molecule has 0 radical (unpaired) electrons. The predicted molar refractivity (Wildman–Crippen MR) is 65.5 cm³/mol. The molecule has 0 aromatic rings. The number of aromatic nitrogens is 2. The molecule has 0 bridgehead atoms. The van der Waals surface area contributed by atoms with Gasteiger partial charge < -0.3 is 0 Å². The van der Waals surface area contributed by atoms with E-state index >= 15 is 0 Å². The molecule has 0 aromatic carbocycles. The van der Waals surface area contributed by atoms with Gasteiger partial charge in [-0.15, -0.1) is 0 Å². The Morgan fingerprint density at radius 3 is 2.78 bits per heavy atom. The molecule has 2 heterocycles. The van der Waals surface area contributed by atoms with Crippen molar-refractivity contribution in [2.75, 3.05) is 0 Å². The van der Waals surface area contributed by atoms with Crippen LogP contribution < -0.4 is 10.9 Å². The lowest BCUT2D eigenvalue weighted by atomic mass is 10.1. The van der Waals surface area contributed by atoms with Gasteiger partial charge in [-0.1, -0.05) is 0 Å². The normalized spacial score (nSPS) is 11.8. The van der Waals surface area contributed by atoms with E-state index in [1.807, 2.05) is 0 Å². The number of rotatable bonds is 0. The first kappa shape index (κ1) is 9.41. The lowest BCUT2D eigenvalue weighted by molar-refractivity contribution is 1.25. The molecule has 2 aliphatic carbocycles. The Kier molecular flexibility index (Phi) is 1.56. The van der Waals surface area contributed by atoms with Gasteiger partial charge in [0.15, 0.2) is 10.9 Å². The van der Waals surface area contributed by atoms with Gasteiger partial charge in [0, 0.05) is 17.3 Å². The largest absolute Gasteiger partial charge is 0.290 e. The van der Waals surface area contributed by atoms with Crippen LogP contribution in [0.3, 0.4) is 0 Å². The van der Waals surface area contributed by atoms with Crippen molar-refractivity contribution in [2.45, 2.75) is 0 Å². The highest BCUT2D eigenvalue weighted by Crippen LogP contribution is 2.26. The van der Waals surface area contributed by atoms with Crippen LogP contribution in [0.25, 0.3) is 22.5 Å². The van der Waals surface area contributed by atoms with Crippen molar-refractivity contribution >= 4 is 0 Å². The maximum absolute atomic E-state index is 12.1. The monoisotopic (exact) mass is 234 g/mol. The van der Waals surface area contributed by atoms with E-state index in [1.54, 1.807) is 24.4 Å². The third-order valence-corrected chi connectivity index (χ3v) is 3.19. The zero-order chi connectivity index (χ0) is 12.3. The van der Waals surface area contributed by atoms with Crippen molar-refractivity contribution in [1.82, 2.24) is 9.97 Å². The zero-order valence-electron chi connectivity index (χ0n) is 9.18. The van der Waals surface area contributed by atoms with E-state index in [9.17, 15) is 9.59 Å². The third-order valence-electron chi connectivity index (χ3n) is 3.19.